The molecule has 0 saturated heterocycles. The molecule has 0 saturated carbocycles. The lowest BCUT2D eigenvalue weighted by atomic mass is 10.1. The van der Waals surface area contributed by atoms with Gasteiger partial charge in [-0.2, -0.15) is 0 Å². The largest absolute Gasteiger partial charge is 0.338 e. The molecule has 0 radical (unpaired) electrons. The van der Waals surface area contributed by atoms with Gasteiger partial charge in [-0.25, -0.2) is 4.79 Å². The molecule has 0 unspecified atom stereocenters. The highest BCUT2D eigenvalue weighted by Crippen LogP contribution is 2.05. The summed E-state index contributed by atoms with van der Waals surface area (Å²) in [6.45, 7) is 10.3. The molecule has 0 heterocycles. The number of hydrogen-bond acceptors (Lipinski definition) is 3. The molecule has 1 aromatic rings. The van der Waals surface area contributed by atoms with Crippen molar-refractivity contribution in [3.8, 4) is 0 Å². The average molecular weight is 319 g/mol. The van der Waals surface area contributed by atoms with Crippen LogP contribution in [0.5, 0.6) is 0 Å². The SMILES string of the molecule is CCN(CC)CCCNC(=O)NCCC(=O)c1ccc(C)cc1. The number of amides is 2. The molecule has 0 spiro atoms. The summed E-state index contributed by atoms with van der Waals surface area (Å²) in [5.41, 5.74) is 1.82. The van der Waals surface area contributed by atoms with Gasteiger partial charge in [-0.05, 0) is 33.0 Å². The monoisotopic (exact) mass is 319 g/mol. The lowest BCUT2D eigenvalue weighted by Gasteiger charge is -2.17. The van der Waals surface area contributed by atoms with Crippen molar-refractivity contribution < 1.29 is 9.59 Å². The third kappa shape index (κ3) is 7.79. The molecule has 0 bridgehead atoms. The molecule has 128 valence electrons. The van der Waals surface area contributed by atoms with Crippen LogP contribution in [0.2, 0.25) is 0 Å². The van der Waals surface area contributed by atoms with Crippen molar-refractivity contribution in [1.29, 1.82) is 0 Å². The van der Waals surface area contributed by atoms with Crippen LogP contribution in [0.4, 0.5) is 4.79 Å². The number of nitrogens with one attached hydrogen (secondary N) is 2. The zero-order chi connectivity index (χ0) is 17.1. The van der Waals surface area contributed by atoms with Crippen LogP contribution in [0.1, 0.15) is 42.6 Å². The highest BCUT2D eigenvalue weighted by atomic mass is 16.2. The quantitative estimate of drug-likeness (QED) is 0.515. The van der Waals surface area contributed by atoms with E-state index in [4.69, 9.17) is 0 Å². The van der Waals surface area contributed by atoms with Gasteiger partial charge in [-0.3, -0.25) is 4.79 Å². The Morgan fingerprint density at radius 2 is 1.61 bits per heavy atom. The first-order valence-electron chi connectivity index (χ1n) is 8.40. The summed E-state index contributed by atoms with van der Waals surface area (Å²) in [4.78, 5) is 25.9. The minimum atomic E-state index is -0.207. The molecule has 23 heavy (non-hydrogen) atoms. The first-order valence-corrected chi connectivity index (χ1v) is 8.40. The summed E-state index contributed by atoms with van der Waals surface area (Å²) in [6, 6.07) is 7.28. The second-order valence-corrected chi connectivity index (χ2v) is 5.60. The second-order valence-electron chi connectivity index (χ2n) is 5.60. The van der Waals surface area contributed by atoms with Crippen LogP contribution in [-0.4, -0.2) is 49.4 Å². The number of benzene rings is 1. The van der Waals surface area contributed by atoms with Crippen molar-refractivity contribution in [3.05, 3.63) is 35.4 Å². The summed E-state index contributed by atoms with van der Waals surface area (Å²) < 4.78 is 0. The number of hydrogen-bond donors (Lipinski definition) is 2. The normalized spacial score (nSPS) is 10.6. The molecule has 0 aliphatic heterocycles. The minimum Gasteiger partial charge on any atom is -0.338 e. The topological polar surface area (TPSA) is 61.4 Å². The molecule has 0 atom stereocenters. The fraction of sp³-hybridized carbons (Fsp3) is 0.556. The van der Waals surface area contributed by atoms with Gasteiger partial charge in [-0.1, -0.05) is 43.7 Å². The smallest absolute Gasteiger partial charge is 0.314 e. The van der Waals surface area contributed by atoms with E-state index in [-0.39, 0.29) is 11.8 Å². The van der Waals surface area contributed by atoms with Crippen LogP contribution in [0.15, 0.2) is 24.3 Å². The Hall–Kier alpha value is -1.88. The van der Waals surface area contributed by atoms with Gasteiger partial charge >= 0.3 is 6.03 Å². The van der Waals surface area contributed by atoms with E-state index < -0.39 is 0 Å². The van der Waals surface area contributed by atoms with Crippen molar-refractivity contribution in [3.63, 3.8) is 0 Å². The van der Waals surface area contributed by atoms with Crippen molar-refractivity contribution in [2.24, 2.45) is 0 Å². The van der Waals surface area contributed by atoms with Crippen LogP contribution >= 0.6 is 0 Å². The van der Waals surface area contributed by atoms with Crippen LogP contribution in [0.25, 0.3) is 0 Å². The van der Waals surface area contributed by atoms with Crippen LogP contribution in [-0.2, 0) is 0 Å². The van der Waals surface area contributed by atoms with Gasteiger partial charge in [0.2, 0.25) is 0 Å². The molecular weight excluding hydrogens is 290 g/mol. The number of nitrogens with zero attached hydrogens (tertiary/aromatic N) is 1. The Labute approximate surface area is 139 Å². The Morgan fingerprint density at radius 3 is 2.22 bits per heavy atom. The Morgan fingerprint density at radius 1 is 1.00 bits per heavy atom. The van der Waals surface area contributed by atoms with Gasteiger partial charge in [-0.15, -0.1) is 0 Å². The number of aryl methyl sites for hydroxylation is 1. The first kappa shape index (κ1) is 19.2. The van der Waals surface area contributed by atoms with Crippen molar-refractivity contribution in [2.75, 3.05) is 32.7 Å². The summed E-state index contributed by atoms with van der Waals surface area (Å²) >= 11 is 0. The van der Waals surface area contributed by atoms with Gasteiger partial charge in [0.1, 0.15) is 0 Å². The Bertz CT molecular complexity index is 482. The van der Waals surface area contributed by atoms with E-state index in [1.165, 1.54) is 0 Å². The van der Waals surface area contributed by atoms with E-state index in [0.29, 0.717) is 25.1 Å². The lowest BCUT2D eigenvalue weighted by Crippen LogP contribution is -2.38. The summed E-state index contributed by atoms with van der Waals surface area (Å²) in [6.07, 6.45) is 1.24. The molecule has 0 fully saturated rings. The van der Waals surface area contributed by atoms with Crippen LogP contribution < -0.4 is 10.6 Å². The molecule has 5 heteroatoms. The average Bonchev–Trinajstić information content (AvgIpc) is 2.55. The van der Waals surface area contributed by atoms with Gasteiger partial charge in [0.25, 0.3) is 0 Å². The summed E-state index contributed by atoms with van der Waals surface area (Å²) in [5, 5.41) is 5.55. The molecule has 5 nitrogen and oxygen atoms in total. The van der Waals surface area contributed by atoms with Crippen molar-refractivity contribution in [2.45, 2.75) is 33.6 Å². The van der Waals surface area contributed by atoms with Gasteiger partial charge < -0.3 is 15.5 Å². The maximum Gasteiger partial charge on any atom is 0.314 e. The highest BCUT2D eigenvalue weighted by molar-refractivity contribution is 5.96. The maximum absolute atomic E-state index is 12.0. The number of carbonyl (C=O) groups is 2. The van der Waals surface area contributed by atoms with E-state index in [1.54, 1.807) is 0 Å². The van der Waals surface area contributed by atoms with E-state index in [9.17, 15) is 9.59 Å². The predicted molar refractivity (Wildman–Crippen MR) is 93.9 cm³/mol. The summed E-state index contributed by atoms with van der Waals surface area (Å²) in [7, 11) is 0. The number of rotatable bonds is 10. The van der Waals surface area contributed by atoms with Crippen molar-refractivity contribution >= 4 is 11.8 Å². The standard InChI is InChI=1S/C18H29N3O2/c1-4-21(5-2)14-6-12-19-18(23)20-13-11-17(22)16-9-7-15(3)8-10-16/h7-10H,4-6,11-14H2,1-3H3,(H2,19,20,23). The predicted octanol–water partition coefficient (Wildman–Crippen LogP) is 2.60. The van der Waals surface area contributed by atoms with E-state index in [2.05, 4.69) is 29.4 Å². The fourth-order valence-corrected chi connectivity index (χ4v) is 2.28. The number of Topliss-reactive ketones (excluding diaryl/α,β-unsaturated/α-hetero) is 1. The molecule has 2 amide bonds. The highest BCUT2D eigenvalue weighted by Gasteiger charge is 2.06. The Kier molecular flexibility index (Phi) is 8.98. The maximum atomic E-state index is 12.0. The van der Waals surface area contributed by atoms with Gasteiger partial charge in [0.15, 0.2) is 5.78 Å². The Balaban J connectivity index is 2.14. The van der Waals surface area contributed by atoms with Crippen LogP contribution in [0.3, 0.4) is 0 Å². The fourth-order valence-electron chi connectivity index (χ4n) is 2.28. The molecule has 0 aliphatic rings. The first-order chi connectivity index (χ1) is 11.1. The lowest BCUT2D eigenvalue weighted by molar-refractivity contribution is 0.0983. The van der Waals surface area contributed by atoms with E-state index in [1.807, 2.05) is 31.2 Å². The zero-order valence-corrected chi connectivity index (χ0v) is 14.5. The molecule has 1 aromatic carbocycles. The summed E-state index contributed by atoms with van der Waals surface area (Å²) in [5.74, 6) is 0.0480. The molecule has 2 N–H and O–H groups in total. The second kappa shape index (κ2) is 10.8. The third-order valence-corrected chi connectivity index (χ3v) is 3.84. The number of ketones is 1. The zero-order valence-electron chi connectivity index (χ0n) is 14.5. The number of carbonyl (C=O) groups excluding carboxylic acids is 2. The minimum absolute atomic E-state index is 0.0480. The van der Waals surface area contributed by atoms with Crippen molar-refractivity contribution in [1.82, 2.24) is 15.5 Å². The molecule has 0 aliphatic carbocycles. The van der Waals surface area contributed by atoms with Gasteiger partial charge in [0.05, 0.1) is 0 Å². The van der Waals surface area contributed by atoms with Gasteiger partial charge in [0, 0.05) is 25.1 Å². The molecular formula is C18H29N3O2. The molecule has 1 rings (SSSR count). The van der Waals surface area contributed by atoms with Crippen LogP contribution in [0, 0.1) is 6.92 Å². The number of urea groups is 1. The third-order valence-electron chi connectivity index (χ3n) is 3.84. The van der Waals surface area contributed by atoms with E-state index in [0.717, 1.165) is 31.6 Å². The van der Waals surface area contributed by atoms with E-state index >= 15 is 0 Å². The molecule has 0 aromatic heterocycles.